The number of carbonyl (C=O) groups is 1. The van der Waals surface area contributed by atoms with Gasteiger partial charge in [0, 0.05) is 25.0 Å². The molecule has 0 N–H and O–H groups in total. The van der Waals surface area contributed by atoms with Crippen LogP contribution in [0.25, 0.3) is 0 Å². The van der Waals surface area contributed by atoms with Crippen molar-refractivity contribution in [2.45, 2.75) is 12.5 Å². The topological polar surface area (TPSA) is 32.7 Å². The molecule has 2 aliphatic rings. The molecule has 3 heteroatoms. The second kappa shape index (κ2) is 4.17. The van der Waals surface area contributed by atoms with Crippen LogP contribution in [0.2, 0.25) is 0 Å². The van der Waals surface area contributed by atoms with Gasteiger partial charge in [-0.25, -0.2) is 0 Å². The Hall–Kier alpha value is -1.90. The quantitative estimate of drug-likeness (QED) is 0.767. The fourth-order valence-electron chi connectivity index (χ4n) is 2.42. The minimum Gasteiger partial charge on any atom is -0.368 e. The number of rotatable bonds is 2. The van der Waals surface area contributed by atoms with Gasteiger partial charge in [-0.15, -0.1) is 0 Å². The predicted octanol–water partition coefficient (Wildman–Crippen LogP) is 1.63. The smallest absolute Gasteiger partial charge is 0.181 e. The van der Waals surface area contributed by atoms with E-state index in [0.717, 1.165) is 13.0 Å². The van der Waals surface area contributed by atoms with Crippen LogP contribution in [-0.2, 0) is 11.2 Å². The minimum atomic E-state index is -0.230. The van der Waals surface area contributed by atoms with Crippen LogP contribution in [0.1, 0.15) is 5.56 Å². The van der Waals surface area contributed by atoms with Crippen molar-refractivity contribution in [3.05, 3.63) is 42.0 Å². The summed E-state index contributed by atoms with van der Waals surface area (Å²) in [5, 5.41) is 0. The van der Waals surface area contributed by atoms with Gasteiger partial charge in [0.1, 0.15) is 6.04 Å². The summed E-state index contributed by atoms with van der Waals surface area (Å²) < 4.78 is 0. The van der Waals surface area contributed by atoms with Gasteiger partial charge in [0.2, 0.25) is 0 Å². The third-order valence-electron chi connectivity index (χ3n) is 3.32. The van der Waals surface area contributed by atoms with Crippen LogP contribution in [0.3, 0.4) is 0 Å². The van der Waals surface area contributed by atoms with Crippen LogP contribution in [0.5, 0.6) is 0 Å². The van der Waals surface area contributed by atoms with Crippen LogP contribution in [-0.4, -0.2) is 31.1 Å². The highest BCUT2D eigenvalue weighted by molar-refractivity contribution is 6.01. The molecule has 3 nitrogen and oxygen atoms in total. The zero-order valence-corrected chi connectivity index (χ0v) is 9.54. The maximum atomic E-state index is 11.7. The van der Waals surface area contributed by atoms with E-state index in [2.05, 4.69) is 28.1 Å². The molecule has 0 spiro atoms. The molecule has 1 atom stereocenters. The Kier molecular flexibility index (Phi) is 2.52. The molecule has 0 fully saturated rings. The van der Waals surface area contributed by atoms with E-state index < -0.39 is 0 Å². The van der Waals surface area contributed by atoms with Crippen LogP contribution in [0.4, 0.5) is 5.69 Å². The lowest BCUT2D eigenvalue weighted by molar-refractivity contribution is -0.115. The summed E-state index contributed by atoms with van der Waals surface area (Å²) in [5.41, 5.74) is 2.63. The van der Waals surface area contributed by atoms with E-state index in [9.17, 15) is 4.79 Å². The van der Waals surface area contributed by atoms with E-state index in [0.29, 0.717) is 6.54 Å². The zero-order chi connectivity index (χ0) is 11.7. The molecule has 0 amide bonds. The second-order valence-electron chi connectivity index (χ2n) is 4.40. The van der Waals surface area contributed by atoms with Gasteiger partial charge in [-0.1, -0.05) is 18.2 Å². The first kappa shape index (κ1) is 10.3. The Labute approximate surface area is 100 Å². The molecule has 3 rings (SSSR count). The van der Waals surface area contributed by atoms with E-state index in [1.807, 2.05) is 6.07 Å². The van der Waals surface area contributed by atoms with Gasteiger partial charge in [-0.2, -0.15) is 0 Å². The highest BCUT2D eigenvalue weighted by Crippen LogP contribution is 2.27. The van der Waals surface area contributed by atoms with Crippen molar-refractivity contribution < 1.29 is 4.79 Å². The molecule has 17 heavy (non-hydrogen) atoms. The van der Waals surface area contributed by atoms with Crippen molar-refractivity contribution in [3.8, 4) is 0 Å². The molecule has 0 saturated heterocycles. The predicted molar refractivity (Wildman–Crippen MR) is 68.8 cm³/mol. The van der Waals surface area contributed by atoms with Gasteiger partial charge in [-0.05, 0) is 30.2 Å². The van der Waals surface area contributed by atoms with Gasteiger partial charge in [0.05, 0.1) is 0 Å². The number of carbonyl (C=O) groups excluding carboxylic acids is 1. The molecule has 0 aromatic heterocycles. The second-order valence-corrected chi connectivity index (χ2v) is 4.40. The maximum absolute atomic E-state index is 11.7. The average Bonchev–Trinajstić information content (AvgIpc) is 2.76. The Morgan fingerprint density at radius 2 is 2.24 bits per heavy atom. The number of aliphatic imine (C=N–C) groups is 1. The number of para-hydroxylation sites is 1. The van der Waals surface area contributed by atoms with Gasteiger partial charge in [0.25, 0.3) is 0 Å². The first-order valence-electron chi connectivity index (χ1n) is 5.91. The van der Waals surface area contributed by atoms with Crippen LogP contribution in [0, 0.1) is 0 Å². The minimum absolute atomic E-state index is 0.108. The van der Waals surface area contributed by atoms with Crippen molar-refractivity contribution in [1.29, 1.82) is 0 Å². The summed E-state index contributed by atoms with van der Waals surface area (Å²) in [6.45, 7) is 1.68. The summed E-state index contributed by atoms with van der Waals surface area (Å²) in [6, 6.07) is 8.15. The summed E-state index contributed by atoms with van der Waals surface area (Å²) in [4.78, 5) is 18.2. The van der Waals surface area contributed by atoms with Crippen molar-refractivity contribution in [3.63, 3.8) is 0 Å². The number of benzene rings is 1. The average molecular weight is 226 g/mol. The molecule has 0 aliphatic carbocycles. The third kappa shape index (κ3) is 1.88. The molecule has 0 radical (unpaired) electrons. The van der Waals surface area contributed by atoms with Crippen molar-refractivity contribution in [2.75, 3.05) is 18.0 Å². The maximum Gasteiger partial charge on any atom is 0.181 e. The van der Waals surface area contributed by atoms with Gasteiger partial charge in [-0.3, -0.25) is 9.79 Å². The molecule has 86 valence electrons. The molecule has 2 heterocycles. The van der Waals surface area contributed by atoms with E-state index >= 15 is 0 Å². The van der Waals surface area contributed by atoms with Crippen molar-refractivity contribution in [1.82, 2.24) is 0 Å². The number of fused-ring (bicyclic) bond motifs is 1. The highest BCUT2D eigenvalue weighted by Gasteiger charge is 2.24. The Balaban J connectivity index is 1.78. The van der Waals surface area contributed by atoms with Gasteiger partial charge in [0.15, 0.2) is 5.78 Å². The molecular formula is C14H14N2O. The molecule has 2 aliphatic heterocycles. The molecule has 1 aromatic carbocycles. The number of allylic oxidation sites excluding steroid dienone is 1. The van der Waals surface area contributed by atoms with E-state index in [1.165, 1.54) is 11.3 Å². The molecule has 0 saturated carbocycles. The standard InChI is InChI=1S/C14H14N2O/c17-14-6-3-8-15-12(14)10-16-9-7-11-4-1-2-5-13(11)16/h1-6,8,12H,7,9-10H2. The fourth-order valence-corrected chi connectivity index (χ4v) is 2.42. The zero-order valence-electron chi connectivity index (χ0n) is 9.54. The lowest BCUT2D eigenvalue weighted by atomic mass is 10.1. The number of ketones is 1. The van der Waals surface area contributed by atoms with E-state index in [4.69, 9.17) is 0 Å². The molecule has 1 aromatic rings. The summed E-state index contributed by atoms with van der Waals surface area (Å²) in [7, 11) is 0. The van der Waals surface area contributed by atoms with Gasteiger partial charge >= 0.3 is 0 Å². The van der Waals surface area contributed by atoms with Crippen LogP contribution >= 0.6 is 0 Å². The van der Waals surface area contributed by atoms with Gasteiger partial charge < -0.3 is 4.90 Å². The lowest BCUT2D eigenvalue weighted by Crippen LogP contribution is -2.35. The lowest BCUT2D eigenvalue weighted by Gasteiger charge is -2.23. The van der Waals surface area contributed by atoms with Crippen molar-refractivity contribution >= 4 is 17.7 Å². The number of dihydropyridines is 1. The summed E-state index contributed by atoms with van der Waals surface area (Å²) in [6.07, 6.45) is 6.10. The normalized spacial score (nSPS) is 22.0. The first-order valence-corrected chi connectivity index (χ1v) is 5.91. The molecule has 0 bridgehead atoms. The summed E-state index contributed by atoms with van der Waals surface area (Å²) >= 11 is 0. The number of hydrogen-bond acceptors (Lipinski definition) is 3. The number of hydrogen-bond donors (Lipinski definition) is 0. The number of nitrogens with zero attached hydrogens (tertiary/aromatic N) is 2. The molecule has 1 unspecified atom stereocenters. The van der Waals surface area contributed by atoms with Crippen LogP contribution in [0.15, 0.2) is 41.4 Å². The van der Waals surface area contributed by atoms with Crippen molar-refractivity contribution in [2.24, 2.45) is 4.99 Å². The SMILES string of the molecule is O=C1C=CC=NC1CN1CCc2ccccc21. The van der Waals surface area contributed by atoms with E-state index in [1.54, 1.807) is 18.4 Å². The van der Waals surface area contributed by atoms with Crippen LogP contribution < -0.4 is 4.90 Å². The molecular weight excluding hydrogens is 212 g/mol. The Morgan fingerprint density at radius 1 is 1.35 bits per heavy atom. The Bertz CT molecular complexity index is 505. The third-order valence-corrected chi connectivity index (χ3v) is 3.32. The van der Waals surface area contributed by atoms with E-state index in [-0.39, 0.29) is 11.8 Å². The Morgan fingerprint density at radius 3 is 3.12 bits per heavy atom. The summed E-state index contributed by atoms with van der Waals surface area (Å²) in [5.74, 6) is 0.108. The first-order chi connectivity index (χ1) is 8.34. The monoisotopic (exact) mass is 226 g/mol. The highest BCUT2D eigenvalue weighted by atomic mass is 16.1. The number of anilines is 1. The fraction of sp³-hybridized carbons (Fsp3) is 0.286. The largest absolute Gasteiger partial charge is 0.368 e.